The highest BCUT2D eigenvalue weighted by Gasteiger charge is 2.18. The number of hydrogen-bond donors (Lipinski definition) is 0. The average Bonchev–Trinajstić information content (AvgIpc) is 2.64. The fourth-order valence-corrected chi connectivity index (χ4v) is 3.37. The Morgan fingerprint density at radius 3 is 2.54 bits per heavy atom. The number of non-ortho nitro benzene ring substituents is 1. The van der Waals surface area contributed by atoms with E-state index in [1.54, 1.807) is 0 Å². The molecule has 0 amide bonds. The van der Waals surface area contributed by atoms with E-state index in [0.717, 1.165) is 45.3 Å². The largest absolute Gasteiger partial charge is 0.493 e. The lowest BCUT2D eigenvalue weighted by molar-refractivity contribution is -0.384. The zero-order valence-corrected chi connectivity index (χ0v) is 16.8. The predicted molar refractivity (Wildman–Crippen MR) is 107 cm³/mol. The van der Waals surface area contributed by atoms with Crippen molar-refractivity contribution in [3.8, 4) is 5.75 Å². The Labute approximate surface area is 160 Å². The lowest BCUT2D eigenvalue weighted by Crippen LogP contribution is -2.25. The molecule has 0 N–H and O–H groups in total. The summed E-state index contributed by atoms with van der Waals surface area (Å²) in [6.45, 7) is 9.53. The summed E-state index contributed by atoms with van der Waals surface area (Å²) in [5.74, 6) is 1.00. The van der Waals surface area contributed by atoms with E-state index in [1.165, 1.54) is 30.0 Å². The first-order valence-corrected chi connectivity index (χ1v) is 10.3. The third-order valence-electron chi connectivity index (χ3n) is 4.19. The fourth-order valence-electron chi connectivity index (χ4n) is 2.51. The summed E-state index contributed by atoms with van der Waals surface area (Å²) in [4.78, 5) is 25.3. The molecule has 0 aliphatic carbocycles. The van der Waals surface area contributed by atoms with Gasteiger partial charge in [0.25, 0.3) is 5.69 Å². The number of hydrogen-bond acceptors (Lipinski definition) is 6. The molecule has 0 bridgehead atoms. The lowest BCUT2D eigenvalue weighted by Gasteiger charge is -2.17. The average molecular weight is 383 g/mol. The van der Waals surface area contributed by atoms with Crippen molar-refractivity contribution in [3.63, 3.8) is 0 Å². The minimum absolute atomic E-state index is 0.0572. The van der Waals surface area contributed by atoms with Gasteiger partial charge in [0.1, 0.15) is 5.75 Å². The number of nitro benzene ring substituents is 1. The molecule has 0 unspecified atom stereocenters. The Balaban J connectivity index is 2.74. The van der Waals surface area contributed by atoms with Crippen LogP contribution in [0, 0.1) is 10.1 Å². The third kappa shape index (κ3) is 7.74. The first-order valence-electron chi connectivity index (χ1n) is 9.34. The van der Waals surface area contributed by atoms with E-state index in [9.17, 15) is 14.9 Å². The smallest absolute Gasteiger partial charge is 0.273 e. The lowest BCUT2D eigenvalue weighted by atomic mass is 10.2. The van der Waals surface area contributed by atoms with Crippen LogP contribution in [0.3, 0.4) is 0 Å². The molecule has 0 atom stereocenters. The summed E-state index contributed by atoms with van der Waals surface area (Å²) in [7, 11) is 0. The van der Waals surface area contributed by atoms with E-state index < -0.39 is 4.92 Å². The quantitative estimate of drug-likeness (QED) is 0.278. The summed E-state index contributed by atoms with van der Waals surface area (Å²) in [6, 6.07) is 4.23. The van der Waals surface area contributed by atoms with Gasteiger partial charge in [0.05, 0.1) is 23.2 Å². The zero-order valence-electron chi connectivity index (χ0n) is 16.0. The van der Waals surface area contributed by atoms with Crippen LogP contribution < -0.4 is 4.74 Å². The molecule has 0 aromatic heterocycles. The number of thioether (sulfide) groups is 1. The molecule has 146 valence electrons. The van der Waals surface area contributed by atoms with Crippen LogP contribution in [0.25, 0.3) is 0 Å². The maximum absolute atomic E-state index is 12.5. The van der Waals surface area contributed by atoms with E-state index in [1.807, 2.05) is 0 Å². The molecule has 0 radical (unpaired) electrons. The second-order valence-electron chi connectivity index (χ2n) is 6.01. The van der Waals surface area contributed by atoms with Crippen LogP contribution in [0.15, 0.2) is 18.2 Å². The van der Waals surface area contributed by atoms with Gasteiger partial charge in [-0.1, -0.05) is 51.8 Å². The molecule has 0 heterocycles. The Hall–Kier alpha value is -1.60. The Kier molecular flexibility index (Phi) is 11.0. The minimum Gasteiger partial charge on any atom is -0.493 e. The number of rotatable bonds is 13. The van der Waals surface area contributed by atoms with E-state index in [-0.39, 0.29) is 10.8 Å². The number of nitrogens with zero attached hydrogens (tertiary/aromatic N) is 2. The summed E-state index contributed by atoms with van der Waals surface area (Å²) in [5.41, 5.74) is 0.355. The van der Waals surface area contributed by atoms with Crippen molar-refractivity contribution in [2.45, 2.75) is 46.5 Å². The molecule has 1 aromatic rings. The maximum Gasteiger partial charge on any atom is 0.273 e. The van der Waals surface area contributed by atoms with Gasteiger partial charge in [-0.2, -0.15) is 0 Å². The van der Waals surface area contributed by atoms with Gasteiger partial charge >= 0.3 is 0 Å². The van der Waals surface area contributed by atoms with Crippen molar-refractivity contribution in [1.82, 2.24) is 4.90 Å². The van der Waals surface area contributed by atoms with Crippen molar-refractivity contribution in [3.05, 3.63) is 33.9 Å². The number of nitro groups is 1. The van der Waals surface area contributed by atoms with Crippen LogP contribution in [0.1, 0.15) is 56.8 Å². The fraction of sp³-hybridized carbons (Fsp3) is 0.632. The summed E-state index contributed by atoms with van der Waals surface area (Å²) < 4.78 is 5.72. The molecule has 0 aliphatic heterocycles. The second kappa shape index (κ2) is 12.7. The molecule has 7 heteroatoms. The Bertz CT molecular complexity index is 577. The molecular formula is C19H30N2O4S. The van der Waals surface area contributed by atoms with Crippen LogP contribution in [-0.2, 0) is 0 Å². The normalized spacial score (nSPS) is 10.9. The standard InChI is InChI=1S/C19H30N2O4S/c1-4-7-8-9-13-25-18-15-16(21(23)24)10-11-17(18)19(22)26-14-12-20(5-2)6-3/h10-11,15H,4-9,12-14H2,1-3H3. The van der Waals surface area contributed by atoms with E-state index >= 15 is 0 Å². The van der Waals surface area contributed by atoms with Crippen molar-refractivity contribution >= 4 is 22.6 Å². The van der Waals surface area contributed by atoms with Gasteiger partial charge in [-0.25, -0.2) is 0 Å². The predicted octanol–water partition coefficient (Wildman–Crippen LogP) is 4.77. The molecule has 0 fully saturated rings. The van der Waals surface area contributed by atoms with Crippen molar-refractivity contribution in [2.24, 2.45) is 0 Å². The van der Waals surface area contributed by atoms with Gasteiger partial charge < -0.3 is 9.64 Å². The molecule has 0 saturated carbocycles. The van der Waals surface area contributed by atoms with Gasteiger partial charge in [-0.3, -0.25) is 14.9 Å². The second-order valence-corrected chi connectivity index (χ2v) is 7.08. The van der Waals surface area contributed by atoms with Crippen molar-refractivity contribution in [2.75, 3.05) is 32.0 Å². The summed E-state index contributed by atoms with van der Waals surface area (Å²) in [5, 5.41) is 10.9. The molecule has 1 aromatic carbocycles. The molecular weight excluding hydrogens is 352 g/mol. The van der Waals surface area contributed by atoms with Crippen molar-refractivity contribution < 1.29 is 14.5 Å². The van der Waals surface area contributed by atoms with Gasteiger partial charge in [0.15, 0.2) is 0 Å². The number of unbranched alkanes of at least 4 members (excludes halogenated alkanes) is 3. The van der Waals surface area contributed by atoms with Crippen LogP contribution in [0.5, 0.6) is 5.75 Å². The van der Waals surface area contributed by atoms with Gasteiger partial charge in [0, 0.05) is 18.4 Å². The number of carbonyl (C=O) groups is 1. The summed E-state index contributed by atoms with van der Waals surface area (Å²) in [6.07, 6.45) is 4.18. The molecule has 26 heavy (non-hydrogen) atoms. The van der Waals surface area contributed by atoms with Crippen LogP contribution in [0.4, 0.5) is 5.69 Å². The molecule has 0 saturated heterocycles. The van der Waals surface area contributed by atoms with E-state index in [4.69, 9.17) is 4.74 Å². The topological polar surface area (TPSA) is 72.7 Å². The molecule has 0 spiro atoms. The van der Waals surface area contributed by atoms with Gasteiger partial charge in [0.2, 0.25) is 5.12 Å². The highest BCUT2D eigenvalue weighted by molar-refractivity contribution is 8.14. The van der Waals surface area contributed by atoms with Gasteiger partial charge in [-0.15, -0.1) is 0 Å². The SMILES string of the molecule is CCCCCCOc1cc([N+](=O)[O-])ccc1C(=O)SCCN(CC)CC. The maximum atomic E-state index is 12.5. The van der Waals surface area contributed by atoms with Gasteiger partial charge in [-0.05, 0) is 25.6 Å². The number of benzene rings is 1. The molecule has 0 aliphatic rings. The van der Waals surface area contributed by atoms with Crippen molar-refractivity contribution in [1.29, 1.82) is 0 Å². The Morgan fingerprint density at radius 1 is 1.19 bits per heavy atom. The number of ether oxygens (including phenoxy) is 1. The number of carbonyl (C=O) groups excluding carboxylic acids is 1. The molecule has 1 rings (SSSR count). The van der Waals surface area contributed by atoms with Crippen LogP contribution in [0.2, 0.25) is 0 Å². The summed E-state index contributed by atoms with van der Waals surface area (Å²) >= 11 is 1.23. The minimum atomic E-state index is -0.467. The Morgan fingerprint density at radius 2 is 1.92 bits per heavy atom. The molecule has 6 nitrogen and oxygen atoms in total. The highest BCUT2D eigenvalue weighted by Crippen LogP contribution is 2.28. The van der Waals surface area contributed by atoms with E-state index in [2.05, 4.69) is 25.7 Å². The first-order chi connectivity index (χ1) is 12.5. The van der Waals surface area contributed by atoms with E-state index in [0.29, 0.717) is 23.7 Å². The zero-order chi connectivity index (χ0) is 19.4. The van der Waals surface area contributed by atoms with Crippen LogP contribution in [-0.4, -0.2) is 46.9 Å². The first kappa shape index (κ1) is 22.4. The third-order valence-corrected chi connectivity index (χ3v) is 5.06. The van der Waals surface area contributed by atoms with Crippen LogP contribution >= 0.6 is 11.8 Å². The monoisotopic (exact) mass is 382 g/mol. The highest BCUT2D eigenvalue weighted by atomic mass is 32.2.